The fourth-order valence-electron chi connectivity index (χ4n) is 4.66. The Hall–Kier alpha value is -2.73. The van der Waals surface area contributed by atoms with Crippen molar-refractivity contribution in [3.63, 3.8) is 0 Å². The lowest BCUT2D eigenvalue weighted by Crippen LogP contribution is -2.36. The summed E-state index contributed by atoms with van der Waals surface area (Å²) in [4.78, 5) is 16.2. The van der Waals surface area contributed by atoms with E-state index >= 15 is 0 Å². The van der Waals surface area contributed by atoms with Crippen LogP contribution in [0, 0.1) is 5.92 Å². The van der Waals surface area contributed by atoms with Crippen LogP contribution in [0.5, 0.6) is 0 Å². The van der Waals surface area contributed by atoms with Gasteiger partial charge < -0.3 is 15.5 Å². The van der Waals surface area contributed by atoms with E-state index in [2.05, 4.69) is 57.3 Å². The van der Waals surface area contributed by atoms with E-state index in [9.17, 15) is 0 Å². The van der Waals surface area contributed by atoms with Gasteiger partial charge in [0.25, 0.3) is 0 Å². The Morgan fingerprint density at radius 3 is 2.62 bits per heavy atom. The van der Waals surface area contributed by atoms with Crippen LogP contribution in [-0.4, -0.2) is 46.0 Å². The van der Waals surface area contributed by atoms with Crippen LogP contribution in [0.4, 0.5) is 11.6 Å². The normalized spacial score (nSPS) is 19.4. The highest BCUT2D eigenvalue weighted by molar-refractivity contribution is 5.45. The summed E-state index contributed by atoms with van der Waals surface area (Å²) in [5.41, 5.74) is 2.05. The number of hydrogen-bond donors (Lipinski definition) is 2. The predicted molar refractivity (Wildman–Crippen MR) is 133 cm³/mol. The van der Waals surface area contributed by atoms with Crippen molar-refractivity contribution in [1.82, 2.24) is 19.9 Å². The Morgan fingerprint density at radius 1 is 1.09 bits per heavy atom. The summed E-state index contributed by atoms with van der Waals surface area (Å²) >= 11 is 0. The minimum Gasteiger partial charge on any atom is -0.366 e. The molecule has 1 saturated carbocycles. The molecule has 0 radical (unpaired) electrons. The van der Waals surface area contributed by atoms with Crippen molar-refractivity contribution in [3.05, 3.63) is 53.1 Å². The van der Waals surface area contributed by atoms with Gasteiger partial charge in [0.05, 0.1) is 11.9 Å². The zero-order chi connectivity index (χ0) is 22.3. The lowest BCUT2D eigenvalue weighted by molar-refractivity contribution is 0.263. The summed E-state index contributed by atoms with van der Waals surface area (Å²) in [6, 6.07) is 2.59. The molecule has 3 heterocycles. The van der Waals surface area contributed by atoms with Gasteiger partial charge >= 0.3 is 0 Å². The number of anilines is 2. The van der Waals surface area contributed by atoms with Crippen LogP contribution in [0.1, 0.15) is 51.1 Å². The van der Waals surface area contributed by atoms with E-state index in [-0.39, 0.29) is 0 Å². The summed E-state index contributed by atoms with van der Waals surface area (Å²) < 4.78 is 0. The number of hydrogen-bond acceptors (Lipinski definition) is 6. The predicted octanol–water partition coefficient (Wildman–Crippen LogP) is 3.32. The fourth-order valence-corrected chi connectivity index (χ4v) is 4.66. The third kappa shape index (κ3) is 5.94. The van der Waals surface area contributed by atoms with Crippen LogP contribution < -0.4 is 21.1 Å². The minimum atomic E-state index is 0.475. The van der Waals surface area contributed by atoms with Gasteiger partial charge in [-0.3, -0.25) is 4.98 Å². The van der Waals surface area contributed by atoms with Crippen molar-refractivity contribution in [1.29, 1.82) is 0 Å². The molecule has 1 aliphatic heterocycles. The number of allylic oxidation sites excluding steroid dienone is 1. The lowest BCUT2D eigenvalue weighted by atomic mass is 10.1. The van der Waals surface area contributed by atoms with Gasteiger partial charge in [-0.1, -0.05) is 31.6 Å². The van der Waals surface area contributed by atoms with E-state index in [4.69, 9.17) is 4.98 Å². The average Bonchev–Trinajstić information content (AvgIpc) is 3.35. The van der Waals surface area contributed by atoms with Crippen molar-refractivity contribution in [2.24, 2.45) is 5.92 Å². The molecule has 0 atom stereocenters. The van der Waals surface area contributed by atoms with E-state index in [1.165, 1.54) is 25.7 Å². The van der Waals surface area contributed by atoms with Gasteiger partial charge in [0.15, 0.2) is 0 Å². The molecular formula is C26H36N6. The number of pyridine rings is 1. The van der Waals surface area contributed by atoms with E-state index in [0.29, 0.717) is 12.0 Å². The first kappa shape index (κ1) is 22.5. The second kappa shape index (κ2) is 10.7. The smallest absolute Gasteiger partial charge is 0.145 e. The number of likely N-dealkylation sites (tertiary alicyclic amines) is 1. The van der Waals surface area contributed by atoms with Crippen LogP contribution in [0.2, 0.25) is 0 Å². The number of nitrogens with zero attached hydrogens (tertiary/aromatic N) is 4. The molecule has 170 valence electrons. The van der Waals surface area contributed by atoms with Gasteiger partial charge in [-0.05, 0) is 75.2 Å². The zero-order valence-corrected chi connectivity index (χ0v) is 19.5. The molecule has 0 bridgehead atoms. The Morgan fingerprint density at radius 2 is 1.88 bits per heavy atom. The Labute approximate surface area is 191 Å². The van der Waals surface area contributed by atoms with Gasteiger partial charge in [-0.25, -0.2) is 9.97 Å². The maximum atomic E-state index is 4.81. The SMILES string of the molecule is C=C(Nc1cc(=C/Cc2cncc(NC3CCN(C)CC3)n2)/c(=C\C)cn1)C1CCCC1. The largest absolute Gasteiger partial charge is 0.366 e. The molecule has 1 saturated heterocycles. The third-order valence-electron chi connectivity index (χ3n) is 6.70. The Bertz CT molecular complexity index is 1030. The van der Waals surface area contributed by atoms with E-state index in [1.54, 1.807) is 0 Å². The van der Waals surface area contributed by atoms with E-state index in [1.807, 2.05) is 25.5 Å². The molecule has 2 fully saturated rings. The molecule has 0 aromatic carbocycles. The molecule has 2 aromatic rings. The number of nitrogens with one attached hydrogen (secondary N) is 2. The number of aromatic nitrogens is 3. The minimum absolute atomic E-state index is 0.475. The van der Waals surface area contributed by atoms with Gasteiger partial charge in [0.1, 0.15) is 11.6 Å². The summed E-state index contributed by atoms with van der Waals surface area (Å²) in [7, 11) is 2.18. The highest BCUT2D eigenvalue weighted by Gasteiger charge is 2.18. The first-order chi connectivity index (χ1) is 15.6. The molecule has 32 heavy (non-hydrogen) atoms. The van der Waals surface area contributed by atoms with Crippen LogP contribution in [0.25, 0.3) is 12.2 Å². The first-order valence-corrected chi connectivity index (χ1v) is 11.9. The van der Waals surface area contributed by atoms with E-state index in [0.717, 1.165) is 65.8 Å². The monoisotopic (exact) mass is 432 g/mol. The van der Waals surface area contributed by atoms with Crippen LogP contribution in [-0.2, 0) is 6.42 Å². The van der Waals surface area contributed by atoms with Crippen LogP contribution in [0.3, 0.4) is 0 Å². The van der Waals surface area contributed by atoms with E-state index < -0.39 is 0 Å². The molecule has 0 unspecified atom stereocenters. The summed E-state index contributed by atoms with van der Waals surface area (Å²) in [6.45, 7) is 8.56. The molecule has 6 nitrogen and oxygen atoms in total. The Kier molecular flexibility index (Phi) is 7.53. The average molecular weight is 433 g/mol. The van der Waals surface area contributed by atoms with Gasteiger partial charge in [-0.15, -0.1) is 0 Å². The molecule has 0 amide bonds. The summed E-state index contributed by atoms with van der Waals surface area (Å²) in [6.07, 6.45) is 18.0. The standard InChI is InChI=1S/C26H36N6/c1-4-20-16-28-25(29-19(2)21-7-5-6-8-21)15-22(20)9-10-24-17-27-18-26(31-24)30-23-11-13-32(3)14-12-23/h4,9,15-18,21,23,29H,2,5-8,10-14H2,1,3H3,(H,30,31)/b20-4-,22-9-. The van der Waals surface area contributed by atoms with Gasteiger partial charge in [-0.2, -0.15) is 0 Å². The molecule has 0 spiro atoms. The van der Waals surface area contributed by atoms with Gasteiger partial charge in [0.2, 0.25) is 0 Å². The topological polar surface area (TPSA) is 66.0 Å². The van der Waals surface area contributed by atoms with Crippen molar-refractivity contribution in [3.8, 4) is 0 Å². The van der Waals surface area contributed by atoms with Crippen LogP contribution >= 0.6 is 0 Å². The fraction of sp³-hybridized carbons (Fsp3) is 0.500. The second-order valence-corrected chi connectivity index (χ2v) is 9.14. The molecule has 6 heteroatoms. The van der Waals surface area contributed by atoms with Crippen molar-refractivity contribution in [2.45, 2.75) is 57.9 Å². The van der Waals surface area contributed by atoms with Gasteiger partial charge in [0, 0.05) is 30.6 Å². The number of rotatable bonds is 7. The second-order valence-electron chi connectivity index (χ2n) is 9.14. The van der Waals surface area contributed by atoms with Crippen molar-refractivity contribution in [2.75, 3.05) is 30.8 Å². The molecule has 2 N–H and O–H groups in total. The third-order valence-corrected chi connectivity index (χ3v) is 6.70. The van der Waals surface area contributed by atoms with Crippen molar-refractivity contribution >= 4 is 23.8 Å². The molecule has 1 aliphatic carbocycles. The van der Waals surface area contributed by atoms with Crippen LogP contribution in [0.15, 0.2) is 36.9 Å². The lowest BCUT2D eigenvalue weighted by Gasteiger charge is -2.29. The maximum Gasteiger partial charge on any atom is 0.145 e. The molecule has 4 rings (SSSR count). The molecule has 2 aliphatic rings. The summed E-state index contributed by atoms with van der Waals surface area (Å²) in [5.74, 6) is 2.30. The zero-order valence-electron chi connectivity index (χ0n) is 19.5. The Balaban J connectivity index is 1.45. The number of piperidine rings is 1. The quantitative estimate of drug-likeness (QED) is 0.700. The summed E-state index contributed by atoms with van der Waals surface area (Å²) in [5, 5.41) is 9.29. The highest BCUT2D eigenvalue weighted by Crippen LogP contribution is 2.30. The molecular weight excluding hydrogens is 396 g/mol. The molecule has 2 aromatic heterocycles. The van der Waals surface area contributed by atoms with Crippen molar-refractivity contribution < 1.29 is 0 Å². The highest BCUT2D eigenvalue weighted by atomic mass is 15.1. The maximum absolute atomic E-state index is 4.81. The first-order valence-electron chi connectivity index (χ1n) is 11.9.